The van der Waals surface area contributed by atoms with E-state index in [2.05, 4.69) is 5.32 Å². The minimum Gasteiger partial charge on any atom is -0.389 e. The summed E-state index contributed by atoms with van der Waals surface area (Å²) in [4.78, 5) is 24.5. The molecule has 0 saturated carbocycles. The van der Waals surface area contributed by atoms with Gasteiger partial charge in [0.15, 0.2) is 0 Å². The van der Waals surface area contributed by atoms with Crippen LogP contribution in [0.25, 0.3) is 0 Å². The number of carbonyl (C=O) groups excluding carboxylic acids is 2. The van der Waals surface area contributed by atoms with E-state index in [4.69, 9.17) is 0 Å². The largest absolute Gasteiger partial charge is 0.389 e. The molecule has 0 aliphatic carbocycles. The molecule has 1 atom stereocenters. The second kappa shape index (κ2) is 4.41. The fourth-order valence-corrected chi connectivity index (χ4v) is 1.74. The number of urea groups is 1. The molecule has 1 heterocycles. The Morgan fingerprint density at radius 1 is 1.44 bits per heavy atom. The van der Waals surface area contributed by atoms with Gasteiger partial charge < -0.3 is 10.4 Å². The summed E-state index contributed by atoms with van der Waals surface area (Å²) in [6, 6.07) is -0.840. The summed E-state index contributed by atoms with van der Waals surface area (Å²) >= 11 is 0. The molecule has 5 heteroatoms. The second-order valence-corrected chi connectivity index (χ2v) is 5.37. The van der Waals surface area contributed by atoms with Crippen molar-refractivity contribution < 1.29 is 14.7 Å². The van der Waals surface area contributed by atoms with Gasteiger partial charge in [0.1, 0.15) is 6.04 Å². The first-order valence-electron chi connectivity index (χ1n) is 5.55. The molecule has 0 radical (unpaired) electrons. The van der Waals surface area contributed by atoms with Crippen LogP contribution in [0.4, 0.5) is 4.79 Å². The zero-order chi connectivity index (χ0) is 12.5. The lowest BCUT2D eigenvalue weighted by Gasteiger charge is -2.22. The lowest BCUT2D eigenvalue weighted by molar-refractivity contribution is -0.129. The normalized spacial score (nSPS) is 21.9. The van der Waals surface area contributed by atoms with Crippen LogP contribution < -0.4 is 5.32 Å². The summed E-state index contributed by atoms with van der Waals surface area (Å²) in [5.74, 6) is 0.108. The maximum Gasteiger partial charge on any atom is 0.324 e. The number of aliphatic hydroxyl groups is 1. The molecule has 92 valence electrons. The molecule has 5 nitrogen and oxygen atoms in total. The number of imide groups is 1. The molecule has 1 aliphatic heterocycles. The number of amides is 3. The van der Waals surface area contributed by atoms with Crippen molar-refractivity contribution in [2.75, 3.05) is 6.54 Å². The molecule has 0 aromatic rings. The molecule has 16 heavy (non-hydrogen) atoms. The predicted molar refractivity (Wildman–Crippen MR) is 59.8 cm³/mol. The van der Waals surface area contributed by atoms with E-state index in [-0.39, 0.29) is 12.5 Å². The number of nitrogens with zero attached hydrogens (tertiary/aromatic N) is 1. The van der Waals surface area contributed by atoms with Crippen molar-refractivity contribution in [1.82, 2.24) is 10.2 Å². The van der Waals surface area contributed by atoms with Gasteiger partial charge >= 0.3 is 6.03 Å². The van der Waals surface area contributed by atoms with Crippen LogP contribution in [0.1, 0.15) is 34.1 Å². The Labute approximate surface area is 95.8 Å². The Kier molecular flexibility index (Phi) is 3.57. The topological polar surface area (TPSA) is 69.6 Å². The van der Waals surface area contributed by atoms with E-state index < -0.39 is 17.7 Å². The summed E-state index contributed by atoms with van der Waals surface area (Å²) in [5.41, 5.74) is -1.06. The third-order valence-electron chi connectivity index (χ3n) is 2.36. The molecule has 0 aromatic heterocycles. The highest BCUT2D eigenvalue weighted by molar-refractivity contribution is 6.04. The van der Waals surface area contributed by atoms with Crippen LogP contribution in [-0.2, 0) is 4.79 Å². The Morgan fingerprint density at radius 2 is 2.00 bits per heavy atom. The lowest BCUT2D eigenvalue weighted by Crippen LogP contribution is -2.42. The Bertz CT molecular complexity index is 294. The van der Waals surface area contributed by atoms with Gasteiger partial charge in [0.05, 0.1) is 12.1 Å². The highest BCUT2D eigenvalue weighted by Gasteiger charge is 2.40. The number of carbonyl (C=O) groups is 2. The van der Waals surface area contributed by atoms with Gasteiger partial charge in [0, 0.05) is 0 Å². The molecule has 3 amide bonds. The van der Waals surface area contributed by atoms with E-state index in [1.807, 2.05) is 13.8 Å². The number of nitrogens with one attached hydrogen (secondary N) is 1. The first kappa shape index (κ1) is 13.0. The highest BCUT2D eigenvalue weighted by atomic mass is 16.3. The minimum atomic E-state index is -1.06. The summed E-state index contributed by atoms with van der Waals surface area (Å²) in [7, 11) is 0. The van der Waals surface area contributed by atoms with E-state index in [1.165, 1.54) is 0 Å². The van der Waals surface area contributed by atoms with E-state index in [1.54, 1.807) is 13.8 Å². The zero-order valence-corrected chi connectivity index (χ0v) is 10.3. The van der Waals surface area contributed by atoms with Gasteiger partial charge in [0.25, 0.3) is 5.91 Å². The van der Waals surface area contributed by atoms with Crippen LogP contribution in [-0.4, -0.2) is 40.1 Å². The summed E-state index contributed by atoms with van der Waals surface area (Å²) in [6.07, 6.45) is 0.632. The van der Waals surface area contributed by atoms with Crippen molar-refractivity contribution >= 4 is 11.9 Å². The van der Waals surface area contributed by atoms with E-state index in [9.17, 15) is 14.7 Å². The Hall–Kier alpha value is -1.10. The molecule has 1 aliphatic rings. The minimum absolute atomic E-state index is 0.0340. The molecule has 1 fully saturated rings. The van der Waals surface area contributed by atoms with Crippen LogP contribution in [0.2, 0.25) is 0 Å². The average Bonchev–Trinajstić information content (AvgIpc) is 2.29. The fourth-order valence-electron chi connectivity index (χ4n) is 1.74. The van der Waals surface area contributed by atoms with Crippen molar-refractivity contribution in [2.45, 2.75) is 45.8 Å². The smallest absolute Gasteiger partial charge is 0.324 e. The van der Waals surface area contributed by atoms with E-state index in [0.717, 1.165) is 4.90 Å². The van der Waals surface area contributed by atoms with Gasteiger partial charge in [0.2, 0.25) is 0 Å². The molecule has 2 N–H and O–H groups in total. The van der Waals surface area contributed by atoms with Crippen LogP contribution in [0.15, 0.2) is 0 Å². The molecular formula is C11H20N2O3. The first-order valence-corrected chi connectivity index (χ1v) is 5.55. The Morgan fingerprint density at radius 3 is 2.44 bits per heavy atom. The molecule has 0 bridgehead atoms. The van der Waals surface area contributed by atoms with Crippen molar-refractivity contribution in [3.05, 3.63) is 0 Å². The van der Waals surface area contributed by atoms with Crippen LogP contribution in [0.5, 0.6) is 0 Å². The molecule has 1 rings (SSSR count). The molecule has 0 spiro atoms. The van der Waals surface area contributed by atoms with Crippen molar-refractivity contribution in [3.8, 4) is 0 Å². The fraction of sp³-hybridized carbons (Fsp3) is 0.818. The zero-order valence-electron chi connectivity index (χ0n) is 10.3. The van der Waals surface area contributed by atoms with Gasteiger partial charge in [-0.15, -0.1) is 0 Å². The van der Waals surface area contributed by atoms with Crippen LogP contribution in [0.3, 0.4) is 0 Å². The lowest BCUT2D eigenvalue weighted by atomic mass is 10.0. The maximum atomic E-state index is 11.9. The number of hydrogen-bond donors (Lipinski definition) is 2. The molecule has 1 unspecified atom stereocenters. The van der Waals surface area contributed by atoms with Crippen molar-refractivity contribution in [1.29, 1.82) is 0 Å². The predicted octanol–water partition coefficient (Wildman–Crippen LogP) is 0.724. The third-order valence-corrected chi connectivity index (χ3v) is 2.36. The van der Waals surface area contributed by atoms with Gasteiger partial charge in [-0.05, 0) is 26.2 Å². The SMILES string of the molecule is CC(C)CC1NC(=O)N(CC(C)(C)O)C1=O. The van der Waals surface area contributed by atoms with Crippen molar-refractivity contribution in [2.24, 2.45) is 5.92 Å². The van der Waals surface area contributed by atoms with Gasteiger partial charge in [-0.2, -0.15) is 0 Å². The third kappa shape index (κ3) is 3.20. The summed E-state index contributed by atoms with van der Waals surface area (Å²) in [5, 5.41) is 12.2. The summed E-state index contributed by atoms with van der Waals surface area (Å²) in [6.45, 7) is 7.18. The quantitative estimate of drug-likeness (QED) is 0.697. The van der Waals surface area contributed by atoms with Crippen LogP contribution in [0, 0.1) is 5.92 Å². The average molecular weight is 228 g/mol. The van der Waals surface area contributed by atoms with Gasteiger partial charge in [-0.1, -0.05) is 13.8 Å². The van der Waals surface area contributed by atoms with Gasteiger partial charge in [-0.25, -0.2) is 4.79 Å². The molecule has 0 aromatic carbocycles. The number of hydrogen-bond acceptors (Lipinski definition) is 3. The van der Waals surface area contributed by atoms with Crippen LogP contribution >= 0.6 is 0 Å². The summed E-state index contributed by atoms with van der Waals surface area (Å²) < 4.78 is 0. The van der Waals surface area contributed by atoms with E-state index in [0.29, 0.717) is 12.3 Å². The Balaban J connectivity index is 2.68. The van der Waals surface area contributed by atoms with Gasteiger partial charge in [-0.3, -0.25) is 9.69 Å². The number of β-amino-alcohol motifs (C(OH)–C–C–N with tert-alkyl or cyclic N) is 1. The standard InChI is InChI=1S/C11H20N2O3/c1-7(2)5-8-9(14)13(10(15)12-8)6-11(3,4)16/h7-8,16H,5-6H2,1-4H3,(H,12,15). The molecule has 1 saturated heterocycles. The first-order chi connectivity index (χ1) is 7.20. The van der Waals surface area contributed by atoms with E-state index >= 15 is 0 Å². The monoisotopic (exact) mass is 228 g/mol. The molecular weight excluding hydrogens is 208 g/mol. The maximum absolute atomic E-state index is 11.9. The second-order valence-electron chi connectivity index (χ2n) is 5.37. The van der Waals surface area contributed by atoms with Crippen molar-refractivity contribution in [3.63, 3.8) is 0 Å². The highest BCUT2D eigenvalue weighted by Crippen LogP contribution is 2.16. The number of rotatable bonds is 4.